The van der Waals surface area contributed by atoms with Crippen molar-refractivity contribution >= 4 is 5.78 Å². The van der Waals surface area contributed by atoms with Crippen molar-refractivity contribution in [3.8, 4) is 0 Å². The molecule has 0 spiro atoms. The first-order chi connectivity index (χ1) is 8.11. The van der Waals surface area contributed by atoms with Crippen molar-refractivity contribution in [2.24, 2.45) is 29.6 Å². The lowest BCUT2D eigenvalue weighted by Gasteiger charge is -2.43. The number of hydrogen-bond donors (Lipinski definition) is 0. The van der Waals surface area contributed by atoms with Crippen LogP contribution in [-0.4, -0.2) is 25.3 Å². The van der Waals surface area contributed by atoms with E-state index in [2.05, 4.69) is 13.8 Å². The van der Waals surface area contributed by atoms with E-state index in [4.69, 9.17) is 9.47 Å². The number of hydrogen-bond acceptors (Lipinski definition) is 3. The SMILES string of the molecule is COC1O[C@H]2C[C@@H](C)C[C@H]3C(=O)C[C@H](C)[C@@H]1[C@H]23. The summed E-state index contributed by atoms with van der Waals surface area (Å²) in [6.07, 6.45) is 3.04. The Bertz CT molecular complexity index is 327. The van der Waals surface area contributed by atoms with Crippen LogP contribution in [0, 0.1) is 29.6 Å². The first-order valence-corrected chi connectivity index (χ1v) is 6.82. The predicted octanol–water partition coefficient (Wildman–Crippen LogP) is 2.25. The number of ketones is 1. The van der Waals surface area contributed by atoms with E-state index >= 15 is 0 Å². The fourth-order valence-corrected chi connectivity index (χ4v) is 4.42. The van der Waals surface area contributed by atoms with Gasteiger partial charge in [-0.1, -0.05) is 13.8 Å². The van der Waals surface area contributed by atoms with Crippen LogP contribution in [0.5, 0.6) is 0 Å². The van der Waals surface area contributed by atoms with Crippen LogP contribution in [0.1, 0.15) is 33.1 Å². The molecule has 2 saturated carbocycles. The number of Topliss-reactive ketones (excluding diaryl/α,β-unsaturated/α-hetero) is 1. The molecule has 0 aromatic carbocycles. The van der Waals surface area contributed by atoms with E-state index in [0.29, 0.717) is 35.9 Å². The van der Waals surface area contributed by atoms with Crippen LogP contribution < -0.4 is 0 Å². The second-order valence-electron chi connectivity index (χ2n) is 6.26. The monoisotopic (exact) mass is 238 g/mol. The molecular weight excluding hydrogens is 216 g/mol. The van der Waals surface area contributed by atoms with E-state index in [1.807, 2.05) is 0 Å². The van der Waals surface area contributed by atoms with Crippen LogP contribution in [0.4, 0.5) is 0 Å². The molecule has 3 aliphatic rings. The minimum Gasteiger partial charge on any atom is -0.356 e. The molecule has 3 heteroatoms. The van der Waals surface area contributed by atoms with Gasteiger partial charge in [-0.3, -0.25) is 4.79 Å². The highest BCUT2D eigenvalue weighted by molar-refractivity contribution is 5.82. The lowest BCUT2D eigenvalue weighted by Crippen LogP contribution is -2.46. The minimum atomic E-state index is -0.0825. The van der Waals surface area contributed by atoms with E-state index in [9.17, 15) is 4.79 Å². The van der Waals surface area contributed by atoms with Crippen molar-refractivity contribution in [2.45, 2.75) is 45.5 Å². The maximum absolute atomic E-state index is 12.2. The van der Waals surface area contributed by atoms with E-state index in [1.54, 1.807) is 7.11 Å². The molecule has 0 bridgehead atoms. The third-order valence-electron chi connectivity index (χ3n) is 5.08. The Hall–Kier alpha value is -0.410. The van der Waals surface area contributed by atoms with Crippen LogP contribution in [0.3, 0.4) is 0 Å². The van der Waals surface area contributed by atoms with Gasteiger partial charge in [-0.15, -0.1) is 0 Å². The second kappa shape index (κ2) is 4.06. The van der Waals surface area contributed by atoms with E-state index in [0.717, 1.165) is 12.8 Å². The maximum Gasteiger partial charge on any atom is 0.161 e. The van der Waals surface area contributed by atoms with Crippen LogP contribution in [0.25, 0.3) is 0 Å². The number of carbonyl (C=O) groups excluding carboxylic acids is 1. The normalized spacial score (nSPS) is 53.6. The standard InChI is InChI=1S/C14H22O3/c1-7-4-9-10(15)6-8(2)12-13(9)11(5-7)17-14(12)16-3/h7-9,11-14H,4-6H2,1-3H3/t7-,8-,9-,11-,12+,13-,14?/m0/s1. The van der Waals surface area contributed by atoms with Gasteiger partial charge in [-0.2, -0.15) is 0 Å². The van der Waals surface area contributed by atoms with Gasteiger partial charge in [-0.05, 0) is 24.7 Å². The molecule has 7 atom stereocenters. The third kappa shape index (κ3) is 1.66. The fourth-order valence-electron chi connectivity index (χ4n) is 4.42. The molecule has 0 radical (unpaired) electrons. The first kappa shape index (κ1) is 11.7. The van der Waals surface area contributed by atoms with Gasteiger partial charge in [0.15, 0.2) is 6.29 Å². The molecular formula is C14H22O3. The summed E-state index contributed by atoms with van der Waals surface area (Å²) in [5, 5.41) is 0. The van der Waals surface area contributed by atoms with Gasteiger partial charge < -0.3 is 9.47 Å². The molecule has 2 aliphatic carbocycles. The summed E-state index contributed by atoms with van der Waals surface area (Å²) in [6, 6.07) is 0. The van der Waals surface area contributed by atoms with Gasteiger partial charge in [0.25, 0.3) is 0 Å². The third-order valence-corrected chi connectivity index (χ3v) is 5.08. The number of rotatable bonds is 1. The highest BCUT2D eigenvalue weighted by Crippen LogP contribution is 2.53. The van der Waals surface area contributed by atoms with Gasteiger partial charge in [0, 0.05) is 31.3 Å². The molecule has 3 nitrogen and oxygen atoms in total. The van der Waals surface area contributed by atoms with Crippen molar-refractivity contribution in [1.82, 2.24) is 0 Å². The molecule has 3 rings (SSSR count). The van der Waals surface area contributed by atoms with Crippen molar-refractivity contribution in [2.75, 3.05) is 7.11 Å². The zero-order valence-corrected chi connectivity index (χ0v) is 10.9. The topological polar surface area (TPSA) is 35.5 Å². The molecule has 96 valence electrons. The average molecular weight is 238 g/mol. The molecule has 1 unspecified atom stereocenters. The molecule has 1 saturated heterocycles. The molecule has 1 aliphatic heterocycles. The zero-order chi connectivity index (χ0) is 12.2. The van der Waals surface area contributed by atoms with E-state index in [1.165, 1.54) is 0 Å². The van der Waals surface area contributed by atoms with Gasteiger partial charge in [0.05, 0.1) is 6.10 Å². The van der Waals surface area contributed by atoms with Gasteiger partial charge in [-0.25, -0.2) is 0 Å². The second-order valence-corrected chi connectivity index (χ2v) is 6.26. The number of ether oxygens (including phenoxy) is 2. The summed E-state index contributed by atoms with van der Waals surface area (Å²) < 4.78 is 11.5. The van der Waals surface area contributed by atoms with Crippen molar-refractivity contribution in [3.05, 3.63) is 0 Å². The lowest BCUT2D eigenvalue weighted by atomic mass is 9.60. The lowest BCUT2D eigenvalue weighted by molar-refractivity contribution is -0.141. The average Bonchev–Trinajstić information content (AvgIpc) is 2.64. The Morgan fingerprint density at radius 1 is 1.24 bits per heavy atom. The largest absolute Gasteiger partial charge is 0.356 e. The molecule has 0 amide bonds. The van der Waals surface area contributed by atoms with Crippen LogP contribution in [-0.2, 0) is 14.3 Å². The summed E-state index contributed by atoms with van der Waals surface area (Å²) >= 11 is 0. The summed E-state index contributed by atoms with van der Waals surface area (Å²) in [6.45, 7) is 4.41. The summed E-state index contributed by atoms with van der Waals surface area (Å²) in [5.74, 6) is 2.58. The van der Waals surface area contributed by atoms with E-state index in [-0.39, 0.29) is 18.3 Å². The van der Waals surface area contributed by atoms with Crippen molar-refractivity contribution in [1.29, 1.82) is 0 Å². The maximum atomic E-state index is 12.2. The zero-order valence-electron chi connectivity index (χ0n) is 10.9. The Balaban J connectivity index is 1.93. The molecule has 0 aromatic heterocycles. The Kier molecular flexibility index (Phi) is 2.79. The van der Waals surface area contributed by atoms with Crippen LogP contribution >= 0.6 is 0 Å². The van der Waals surface area contributed by atoms with Gasteiger partial charge in [0.2, 0.25) is 0 Å². The highest BCUT2D eigenvalue weighted by atomic mass is 16.7. The first-order valence-electron chi connectivity index (χ1n) is 6.82. The molecule has 1 heterocycles. The number of carbonyl (C=O) groups is 1. The summed E-state index contributed by atoms with van der Waals surface area (Å²) in [7, 11) is 1.73. The number of methoxy groups -OCH3 is 1. The summed E-state index contributed by atoms with van der Waals surface area (Å²) in [4.78, 5) is 12.2. The molecule has 3 fully saturated rings. The molecule has 0 aromatic rings. The molecule has 0 N–H and O–H groups in total. The predicted molar refractivity (Wildman–Crippen MR) is 63.3 cm³/mol. The smallest absolute Gasteiger partial charge is 0.161 e. The van der Waals surface area contributed by atoms with E-state index < -0.39 is 0 Å². The Labute approximate surface area is 103 Å². The van der Waals surface area contributed by atoms with Gasteiger partial charge in [0.1, 0.15) is 5.78 Å². The molecule has 17 heavy (non-hydrogen) atoms. The van der Waals surface area contributed by atoms with Crippen molar-refractivity contribution < 1.29 is 14.3 Å². The fraction of sp³-hybridized carbons (Fsp3) is 0.929. The Morgan fingerprint density at radius 3 is 2.71 bits per heavy atom. The quantitative estimate of drug-likeness (QED) is 0.703. The Morgan fingerprint density at radius 2 is 2.00 bits per heavy atom. The van der Waals surface area contributed by atoms with Crippen LogP contribution in [0.2, 0.25) is 0 Å². The van der Waals surface area contributed by atoms with Crippen LogP contribution in [0.15, 0.2) is 0 Å². The van der Waals surface area contributed by atoms with Crippen molar-refractivity contribution in [3.63, 3.8) is 0 Å². The summed E-state index contributed by atoms with van der Waals surface area (Å²) in [5.41, 5.74) is 0. The van der Waals surface area contributed by atoms with Gasteiger partial charge >= 0.3 is 0 Å². The minimum absolute atomic E-state index is 0.0825. The highest BCUT2D eigenvalue weighted by Gasteiger charge is 2.57.